The second-order valence-corrected chi connectivity index (χ2v) is 6.92. The van der Waals surface area contributed by atoms with E-state index in [4.69, 9.17) is 22.4 Å². The van der Waals surface area contributed by atoms with Crippen molar-refractivity contribution < 1.29 is 18.3 Å². The van der Waals surface area contributed by atoms with E-state index in [0.29, 0.717) is 5.02 Å². The average Bonchev–Trinajstić information content (AvgIpc) is 3.06. The number of carboxylic acids is 1. The molecule has 1 fully saturated rings. The first-order valence-electron chi connectivity index (χ1n) is 5.27. The molecule has 0 spiro atoms. The lowest BCUT2D eigenvalue weighted by Crippen LogP contribution is -2.31. The van der Waals surface area contributed by atoms with Crippen LogP contribution in [-0.4, -0.2) is 31.3 Å². The number of hydrogen-bond donors (Lipinski definition) is 2. The van der Waals surface area contributed by atoms with Crippen LogP contribution in [0.3, 0.4) is 0 Å². The summed E-state index contributed by atoms with van der Waals surface area (Å²) in [7, 11) is -3.67. The summed E-state index contributed by atoms with van der Waals surface area (Å²) in [6, 6.07) is 5.67. The lowest BCUT2D eigenvalue weighted by atomic mass is 10.1. The minimum absolute atomic E-state index is 0.0593. The van der Waals surface area contributed by atoms with Crippen LogP contribution in [0.25, 0.3) is 0 Å². The van der Waals surface area contributed by atoms with Gasteiger partial charge in [-0.25, -0.2) is 8.42 Å². The molecule has 0 unspecified atom stereocenters. The molecule has 7 heteroatoms. The third kappa shape index (κ3) is 1.90. The summed E-state index contributed by atoms with van der Waals surface area (Å²) in [5, 5.41) is 8.54. The molecule has 0 amide bonds. The van der Waals surface area contributed by atoms with Crippen molar-refractivity contribution in [3.63, 3.8) is 0 Å². The van der Waals surface area contributed by atoms with Gasteiger partial charge in [0.25, 0.3) is 0 Å². The summed E-state index contributed by atoms with van der Waals surface area (Å²) in [6.07, 6.45) is 0.0593. The van der Waals surface area contributed by atoms with Crippen molar-refractivity contribution in [2.24, 2.45) is 11.1 Å². The molecule has 0 aliphatic heterocycles. The Morgan fingerprint density at radius 1 is 1.44 bits per heavy atom. The van der Waals surface area contributed by atoms with E-state index in [-0.39, 0.29) is 17.9 Å². The Hall–Kier alpha value is -1.11. The van der Waals surface area contributed by atoms with Gasteiger partial charge in [-0.3, -0.25) is 4.79 Å². The first-order chi connectivity index (χ1) is 8.34. The number of rotatable bonds is 4. The summed E-state index contributed by atoms with van der Waals surface area (Å²) in [4.78, 5) is 11.2. The monoisotopic (exact) mass is 289 g/mol. The van der Waals surface area contributed by atoms with Crippen LogP contribution in [0.15, 0.2) is 29.2 Å². The van der Waals surface area contributed by atoms with Crippen LogP contribution in [0, 0.1) is 5.41 Å². The number of nitrogens with two attached hydrogens (primary N) is 1. The molecule has 1 aromatic rings. The molecule has 2 atom stereocenters. The minimum atomic E-state index is -3.67. The van der Waals surface area contributed by atoms with Crippen molar-refractivity contribution in [1.82, 2.24) is 0 Å². The summed E-state index contributed by atoms with van der Waals surface area (Å²) in [5.41, 5.74) is 4.06. The molecule has 1 saturated carbocycles. The number of carbonyl (C=O) groups is 1. The zero-order valence-electron chi connectivity index (χ0n) is 9.34. The smallest absolute Gasteiger partial charge is 0.312 e. The molecule has 0 saturated heterocycles. The molecule has 1 aliphatic carbocycles. The van der Waals surface area contributed by atoms with Gasteiger partial charge >= 0.3 is 5.97 Å². The number of sulfone groups is 1. The molecule has 0 bridgehead atoms. The summed E-state index contributed by atoms with van der Waals surface area (Å²) >= 11 is 5.68. The predicted octanol–water partition coefficient (Wildman–Crippen LogP) is 0.916. The SMILES string of the molecule is NC[C@@]1(C(=O)O)C[C@@H]1S(=O)(=O)c1ccc(Cl)cc1. The largest absolute Gasteiger partial charge is 0.481 e. The summed E-state index contributed by atoms with van der Waals surface area (Å²) < 4.78 is 24.4. The quantitative estimate of drug-likeness (QED) is 0.859. The van der Waals surface area contributed by atoms with Crippen LogP contribution in [0.4, 0.5) is 0 Å². The third-order valence-corrected chi connectivity index (χ3v) is 5.86. The second-order valence-electron chi connectivity index (χ2n) is 4.36. The Labute approximate surface area is 109 Å². The van der Waals surface area contributed by atoms with Gasteiger partial charge in [-0.2, -0.15) is 0 Å². The molecule has 98 valence electrons. The molecule has 0 aromatic heterocycles. The highest BCUT2D eigenvalue weighted by Gasteiger charge is 2.66. The van der Waals surface area contributed by atoms with Gasteiger partial charge in [0, 0.05) is 11.6 Å². The number of halogens is 1. The molecule has 1 aliphatic rings. The van der Waals surface area contributed by atoms with E-state index in [1.165, 1.54) is 24.3 Å². The molecule has 0 radical (unpaired) electrons. The van der Waals surface area contributed by atoms with Gasteiger partial charge < -0.3 is 10.8 Å². The van der Waals surface area contributed by atoms with E-state index in [1.54, 1.807) is 0 Å². The maximum absolute atomic E-state index is 12.2. The van der Waals surface area contributed by atoms with Gasteiger partial charge in [0.05, 0.1) is 15.6 Å². The van der Waals surface area contributed by atoms with Gasteiger partial charge in [0.15, 0.2) is 9.84 Å². The Morgan fingerprint density at radius 3 is 2.39 bits per heavy atom. The van der Waals surface area contributed by atoms with E-state index >= 15 is 0 Å². The fourth-order valence-corrected chi connectivity index (χ4v) is 4.27. The molecule has 2 rings (SSSR count). The topological polar surface area (TPSA) is 97.5 Å². The van der Waals surface area contributed by atoms with E-state index in [2.05, 4.69) is 0 Å². The van der Waals surface area contributed by atoms with Crippen LogP contribution in [0.5, 0.6) is 0 Å². The predicted molar refractivity (Wildman–Crippen MR) is 66.2 cm³/mol. The lowest BCUT2D eigenvalue weighted by molar-refractivity contribution is -0.142. The fourth-order valence-electron chi connectivity index (χ4n) is 1.99. The van der Waals surface area contributed by atoms with Crippen molar-refractivity contribution >= 4 is 27.4 Å². The summed E-state index contributed by atoms with van der Waals surface area (Å²) in [5.74, 6) is -1.16. The highest BCUT2D eigenvalue weighted by molar-refractivity contribution is 7.92. The maximum Gasteiger partial charge on any atom is 0.312 e. The van der Waals surface area contributed by atoms with E-state index in [9.17, 15) is 13.2 Å². The van der Waals surface area contributed by atoms with Crippen molar-refractivity contribution in [2.75, 3.05) is 6.54 Å². The van der Waals surface area contributed by atoms with Crippen LogP contribution < -0.4 is 5.73 Å². The van der Waals surface area contributed by atoms with E-state index in [1.807, 2.05) is 0 Å². The van der Waals surface area contributed by atoms with Crippen LogP contribution >= 0.6 is 11.6 Å². The van der Waals surface area contributed by atoms with Crippen LogP contribution in [0.1, 0.15) is 6.42 Å². The van der Waals surface area contributed by atoms with Gasteiger partial charge in [-0.05, 0) is 30.7 Å². The number of hydrogen-bond acceptors (Lipinski definition) is 4. The second kappa shape index (κ2) is 4.22. The number of benzene rings is 1. The normalized spacial score (nSPS) is 26.9. The first-order valence-corrected chi connectivity index (χ1v) is 7.20. The molecular formula is C11H12ClNO4S. The molecular weight excluding hydrogens is 278 g/mol. The molecule has 3 N–H and O–H groups in total. The molecule has 0 heterocycles. The van der Waals surface area contributed by atoms with Crippen molar-refractivity contribution in [2.45, 2.75) is 16.6 Å². The third-order valence-electron chi connectivity index (χ3n) is 3.31. The number of aliphatic carboxylic acids is 1. The van der Waals surface area contributed by atoms with Crippen LogP contribution in [0.2, 0.25) is 5.02 Å². The van der Waals surface area contributed by atoms with Gasteiger partial charge in [-0.1, -0.05) is 11.6 Å². The maximum atomic E-state index is 12.2. The standard InChI is InChI=1S/C11H12ClNO4S/c12-7-1-3-8(4-2-7)18(16,17)9-5-11(9,6-13)10(14)15/h1-4,9H,5-6,13H2,(H,14,15)/t9-,11-/m0/s1. The first kappa shape index (κ1) is 13.3. The zero-order chi connectivity index (χ0) is 13.6. The van der Waals surface area contributed by atoms with E-state index in [0.717, 1.165) is 0 Å². The zero-order valence-corrected chi connectivity index (χ0v) is 10.9. The fraction of sp³-hybridized carbons (Fsp3) is 0.364. The van der Waals surface area contributed by atoms with Crippen LogP contribution in [-0.2, 0) is 14.6 Å². The highest BCUT2D eigenvalue weighted by Crippen LogP contribution is 2.52. The van der Waals surface area contributed by atoms with E-state index < -0.39 is 26.5 Å². The molecule has 18 heavy (non-hydrogen) atoms. The summed E-state index contributed by atoms with van der Waals surface area (Å²) in [6.45, 7) is -0.181. The van der Waals surface area contributed by atoms with Gasteiger partial charge in [-0.15, -0.1) is 0 Å². The lowest BCUT2D eigenvalue weighted by Gasteiger charge is -2.09. The highest BCUT2D eigenvalue weighted by atomic mass is 35.5. The Kier molecular flexibility index (Phi) is 3.12. The number of carboxylic acid groups (broad SMARTS) is 1. The van der Waals surface area contributed by atoms with Crippen molar-refractivity contribution in [1.29, 1.82) is 0 Å². The van der Waals surface area contributed by atoms with Crippen molar-refractivity contribution in [3.8, 4) is 0 Å². The minimum Gasteiger partial charge on any atom is -0.481 e. The Bertz CT molecular complexity index is 584. The van der Waals surface area contributed by atoms with Gasteiger partial charge in [0.1, 0.15) is 0 Å². The molecule has 1 aromatic carbocycles. The molecule has 5 nitrogen and oxygen atoms in total. The van der Waals surface area contributed by atoms with Gasteiger partial charge in [0.2, 0.25) is 0 Å². The Balaban J connectivity index is 2.35. The van der Waals surface area contributed by atoms with Crippen molar-refractivity contribution in [3.05, 3.63) is 29.3 Å². The Morgan fingerprint density at radius 2 is 2.00 bits per heavy atom. The average molecular weight is 290 g/mol.